The molecule has 122 valence electrons. The molecule has 6 nitrogen and oxygen atoms in total. The van der Waals surface area contributed by atoms with Gasteiger partial charge in [0.25, 0.3) is 5.91 Å². The van der Waals surface area contributed by atoms with E-state index in [1.807, 2.05) is 36.4 Å². The highest BCUT2D eigenvalue weighted by Gasteiger charge is 2.67. The summed E-state index contributed by atoms with van der Waals surface area (Å²) in [6.45, 7) is 1.24. The third-order valence-corrected chi connectivity index (χ3v) is 5.08. The van der Waals surface area contributed by atoms with Gasteiger partial charge in [-0.3, -0.25) is 10.1 Å². The monoisotopic (exact) mass is 324 g/mol. The van der Waals surface area contributed by atoms with Crippen LogP contribution < -0.4 is 10.6 Å². The van der Waals surface area contributed by atoms with E-state index in [-0.39, 0.29) is 6.61 Å². The van der Waals surface area contributed by atoms with Gasteiger partial charge in [-0.2, -0.15) is 0 Å². The third kappa shape index (κ3) is 1.56. The Labute approximate surface area is 138 Å². The number of amides is 3. The molecule has 2 unspecified atom stereocenters. The van der Waals surface area contributed by atoms with Crippen molar-refractivity contribution in [1.29, 1.82) is 0 Å². The highest BCUT2D eigenvalue weighted by molar-refractivity contribution is 6.10. The zero-order valence-electron chi connectivity index (χ0n) is 13.0. The number of nitrogens with one attached hydrogen (secondary N) is 2. The van der Waals surface area contributed by atoms with Crippen LogP contribution in [0.2, 0.25) is 0 Å². The fourth-order valence-electron chi connectivity index (χ4n) is 3.81. The molecule has 0 saturated carbocycles. The van der Waals surface area contributed by atoms with Crippen LogP contribution in [0, 0.1) is 0 Å². The van der Waals surface area contributed by atoms with Crippen LogP contribution in [0.3, 0.4) is 0 Å². The summed E-state index contributed by atoms with van der Waals surface area (Å²) < 4.78 is 0. The zero-order valence-corrected chi connectivity index (χ0v) is 13.0. The Morgan fingerprint density at radius 3 is 2.42 bits per heavy atom. The number of urea groups is 1. The molecule has 0 radical (unpaired) electrons. The summed E-state index contributed by atoms with van der Waals surface area (Å²) in [4.78, 5) is 24.0. The highest BCUT2D eigenvalue weighted by Crippen LogP contribution is 2.57. The molecule has 1 heterocycles. The summed E-state index contributed by atoms with van der Waals surface area (Å²) in [6.07, 6.45) is 3.55. The number of aliphatic hydroxyl groups excluding tert-OH is 1. The van der Waals surface area contributed by atoms with Crippen molar-refractivity contribution in [3.8, 4) is 0 Å². The maximum absolute atomic E-state index is 12.3. The number of fused-ring (bicyclic) bond motifs is 2. The predicted octanol–water partition coefficient (Wildman–Crippen LogP) is 0.642. The van der Waals surface area contributed by atoms with Crippen molar-refractivity contribution in [2.24, 2.45) is 0 Å². The Hall–Kier alpha value is -2.70. The summed E-state index contributed by atoms with van der Waals surface area (Å²) in [5.74, 6) is -0.593. The quantitative estimate of drug-likeness (QED) is 0.613. The predicted molar refractivity (Wildman–Crippen MR) is 86.6 cm³/mol. The number of aliphatic hydroxyl groups is 2. The summed E-state index contributed by atoms with van der Waals surface area (Å²) in [7, 11) is 0. The lowest BCUT2D eigenvalue weighted by Gasteiger charge is -2.53. The molecule has 4 N–H and O–H groups in total. The van der Waals surface area contributed by atoms with Gasteiger partial charge in [0.15, 0.2) is 5.54 Å². The Morgan fingerprint density at radius 2 is 1.83 bits per heavy atom. The molecule has 1 aromatic rings. The number of imide groups is 1. The van der Waals surface area contributed by atoms with Crippen LogP contribution in [-0.4, -0.2) is 39.9 Å². The number of carbonyl (C=O) groups is 2. The average molecular weight is 324 g/mol. The van der Waals surface area contributed by atoms with Gasteiger partial charge in [0.1, 0.15) is 5.60 Å². The van der Waals surface area contributed by atoms with Crippen LogP contribution in [0.5, 0.6) is 0 Å². The van der Waals surface area contributed by atoms with Crippen molar-refractivity contribution in [3.63, 3.8) is 0 Å². The molecule has 1 aromatic carbocycles. The number of carbonyl (C=O) groups excluding carboxylic acids is 2. The van der Waals surface area contributed by atoms with E-state index in [4.69, 9.17) is 0 Å². The standard InChI is InChI=1S/C18H16N2O4/c1-17(15(22)19-16(23)20-17)18(24)13-8-7-11(14(18)12(13)9-21)10-5-3-2-4-6-10/h2-8,21,24H,9H2,1H3,(H2,19,20,22,23). The van der Waals surface area contributed by atoms with Gasteiger partial charge in [-0.15, -0.1) is 0 Å². The maximum Gasteiger partial charge on any atom is 0.322 e. The molecule has 0 spiro atoms. The van der Waals surface area contributed by atoms with Crippen LogP contribution in [0.25, 0.3) is 5.57 Å². The SMILES string of the molecule is CC1(C2(O)c3ccc(-c4ccccc4)c2c3CO)NC(=O)NC1=O. The second-order valence-electron chi connectivity index (χ2n) is 6.28. The lowest BCUT2D eigenvalue weighted by molar-refractivity contribution is -0.130. The van der Waals surface area contributed by atoms with Gasteiger partial charge in [0, 0.05) is 5.57 Å². The Kier molecular flexibility index (Phi) is 2.88. The van der Waals surface area contributed by atoms with E-state index in [1.165, 1.54) is 6.92 Å². The van der Waals surface area contributed by atoms with Gasteiger partial charge >= 0.3 is 6.03 Å². The van der Waals surface area contributed by atoms with Gasteiger partial charge < -0.3 is 15.5 Å². The molecule has 6 heteroatoms. The van der Waals surface area contributed by atoms with E-state index in [0.717, 1.165) is 11.1 Å². The molecule has 3 aliphatic rings. The first-order chi connectivity index (χ1) is 11.4. The van der Waals surface area contributed by atoms with Crippen LogP contribution in [0.4, 0.5) is 4.79 Å². The van der Waals surface area contributed by atoms with E-state index < -0.39 is 23.1 Å². The Bertz CT molecular complexity index is 868. The van der Waals surface area contributed by atoms with Crippen LogP contribution in [-0.2, 0) is 4.79 Å². The van der Waals surface area contributed by atoms with E-state index in [9.17, 15) is 19.8 Å². The fourth-order valence-corrected chi connectivity index (χ4v) is 3.81. The molecule has 1 aliphatic heterocycles. The van der Waals surface area contributed by atoms with Crippen molar-refractivity contribution in [2.45, 2.75) is 18.1 Å². The number of rotatable bonds is 3. The molecule has 24 heavy (non-hydrogen) atoms. The number of hydrogen-bond donors (Lipinski definition) is 4. The normalized spacial score (nSPS) is 31.1. The van der Waals surface area contributed by atoms with Crippen molar-refractivity contribution < 1.29 is 19.8 Å². The van der Waals surface area contributed by atoms with Gasteiger partial charge in [0.2, 0.25) is 0 Å². The molecule has 0 aromatic heterocycles. The van der Waals surface area contributed by atoms with Crippen LogP contribution >= 0.6 is 0 Å². The van der Waals surface area contributed by atoms with E-state index in [1.54, 1.807) is 6.08 Å². The molecular weight excluding hydrogens is 308 g/mol. The van der Waals surface area contributed by atoms with E-state index in [0.29, 0.717) is 16.7 Å². The van der Waals surface area contributed by atoms with Crippen LogP contribution in [0.1, 0.15) is 12.5 Å². The van der Waals surface area contributed by atoms with Crippen molar-refractivity contribution in [2.75, 3.05) is 6.61 Å². The first-order valence-corrected chi connectivity index (χ1v) is 7.62. The van der Waals surface area contributed by atoms with Crippen molar-refractivity contribution in [1.82, 2.24) is 10.6 Å². The summed E-state index contributed by atoms with van der Waals surface area (Å²) >= 11 is 0. The van der Waals surface area contributed by atoms with E-state index >= 15 is 0 Å². The average Bonchev–Trinajstić information content (AvgIpc) is 2.87. The molecule has 1 saturated heterocycles. The number of benzene rings is 1. The van der Waals surface area contributed by atoms with Crippen molar-refractivity contribution in [3.05, 3.63) is 64.8 Å². The minimum Gasteiger partial charge on any atom is -0.392 e. The zero-order chi connectivity index (χ0) is 17.1. The Morgan fingerprint density at radius 1 is 1.12 bits per heavy atom. The highest BCUT2D eigenvalue weighted by atomic mass is 16.3. The summed E-state index contributed by atoms with van der Waals surface area (Å²) in [5.41, 5.74) is -0.0889. The minimum atomic E-state index is -1.68. The number of allylic oxidation sites excluding steroid dienone is 2. The van der Waals surface area contributed by atoms with Gasteiger partial charge in [0.05, 0.1) is 6.61 Å². The van der Waals surface area contributed by atoms with Crippen molar-refractivity contribution >= 4 is 17.5 Å². The number of hydrogen-bond acceptors (Lipinski definition) is 4. The van der Waals surface area contributed by atoms with E-state index in [2.05, 4.69) is 10.6 Å². The van der Waals surface area contributed by atoms with Crippen LogP contribution in [0.15, 0.2) is 59.2 Å². The first kappa shape index (κ1) is 14.9. The Balaban J connectivity index is 1.88. The largest absolute Gasteiger partial charge is 0.392 e. The second-order valence-corrected chi connectivity index (χ2v) is 6.28. The topological polar surface area (TPSA) is 98.7 Å². The first-order valence-electron chi connectivity index (χ1n) is 7.62. The molecular formula is C18H16N2O4. The lowest BCUT2D eigenvalue weighted by Crippen LogP contribution is -2.69. The lowest BCUT2D eigenvalue weighted by atomic mass is 9.55. The van der Waals surface area contributed by atoms with Gasteiger partial charge in [-0.25, -0.2) is 4.79 Å². The third-order valence-electron chi connectivity index (χ3n) is 5.08. The minimum absolute atomic E-state index is 0.251. The molecule has 3 amide bonds. The molecule has 2 aliphatic carbocycles. The smallest absolute Gasteiger partial charge is 0.322 e. The molecule has 2 bridgehead atoms. The maximum atomic E-state index is 12.3. The molecule has 1 fully saturated rings. The summed E-state index contributed by atoms with van der Waals surface area (Å²) in [5, 5.41) is 25.8. The molecule has 2 atom stereocenters. The van der Waals surface area contributed by atoms with Gasteiger partial charge in [-0.05, 0) is 29.2 Å². The molecule has 4 rings (SSSR count). The van der Waals surface area contributed by atoms with Gasteiger partial charge in [-0.1, -0.05) is 42.5 Å². The second kappa shape index (κ2) is 4.66. The summed E-state index contributed by atoms with van der Waals surface area (Å²) in [6, 6.07) is 8.77. The fraction of sp³-hybridized carbons (Fsp3) is 0.222.